The van der Waals surface area contributed by atoms with E-state index >= 15 is 0 Å². The van der Waals surface area contributed by atoms with Gasteiger partial charge in [0.1, 0.15) is 5.82 Å². The molecule has 1 saturated carbocycles. The summed E-state index contributed by atoms with van der Waals surface area (Å²) in [7, 11) is 0. The molecule has 3 unspecified atom stereocenters. The van der Waals surface area contributed by atoms with Crippen LogP contribution in [-0.4, -0.2) is 23.5 Å². The highest BCUT2D eigenvalue weighted by atomic mass is 19.1. The van der Waals surface area contributed by atoms with E-state index in [-0.39, 0.29) is 30.1 Å². The summed E-state index contributed by atoms with van der Waals surface area (Å²) in [5.41, 5.74) is 0.958. The lowest BCUT2D eigenvalue weighted by Crippen LogP contribution is -2.34. The summed E-state index contributed by atoms with van der Waals surface area (Å²) in [4.78, 5) is 23.0. The van der Waals surface area contributed by atoms with Crippen molar-refractivity contribution >= 4 is 11.9 Å². The van der Waals surface area contributed by atoms with Gasteiger partial charge < -0.3 is 10.4 Å². The second-order valence-corrected chi connectivity index (χ2v) is 5.57. The van der Waals surface area contributed by atoms with Crippen LogP contribution >= 0.6 is 0 Å². The van der Waals surface area contributed by atoms with Crippen molar-refractivity contribution in [2.45, 2.75) is 32.1 Å². The number of benzene rings is 1. The van der Waals surface area contributed by atoms with Crippen molar-refractivity contribution in [3.05, 3.63) is 35.6 Å². The van der Waals surface area contributed by atoms with E-state index in [9.17, 15) is 14.0 Å². The van der Waals surface area contributed by atoms with Crippen molar-refractivity contribution in [3.63, 3.8) is 0 Å². The topological polar surface area (TPSA) is 66.4 Å². The minimum Gasteiger partial charge on any atom is -0.481 e. The van der Waals surface area contributed by atoms with Crippen LogP contribution in [0.2, 0.25) is 0 Å². The normalized spacial score (nSPS) is 21.6. The molecule has 114 valence electrons. The Balaban J connectivity index is 1.83. The van der Waals surface area contributed by atoms with Crippen LogP contribution in [-0.2, 0) is 9.59 Å². The molecule has 1 aromatic carbocycles. The summed E-state index contributed by atoms with van der Waals surface area (Å²) >= 11 is 0. The maximum absolute atomic E-state index is 12.8. The van der Waals surface area contributed by atoms with E-state index in [1.807, 2.05) is 6.92 Å². The highest BCUT2D eigenvalue weighted by molar-refractivity contribution is 5.83. The molecule has 1 aromatic rings. The van der Waals surface area contributed by atoms with E-state index < -0.39 is 11.9 Å². The average molecular weight is 293 g/mol. The fourth-order valence-corrected chi connectivity index (χ4v) is 2.58. The van der Waals surface area contributed by atoms with Gasteiger partial charge in [-0.25, -0.2) is 4.39 Å². The molecule has 2 rings (SSSR count). The highest BCUT2D eigenvalue weighted by Crippen LogP contribution is 2.47. The number of carbonyl (C=O) groups excluding carboxylic acids is 1. The van der Waals surface area contributed by atoms with Gasteiger partial charge in [-0.1, -0.05) is 25.5 Å². The first-order valence-electron chi connectivity index (χ1n) is 7.29. The maximum Gasteiger partial charge on any atom is 0.308 e. The largest absolute Gasteiger partial charge is 0.481 e. The molecule has 2 N–H and O–H groups in total. The van der Waals surface area contributed by atoms with Crippen LogP contribution in [0.4, 0.5) is 4.39 Å². The molecule has 0 aromatic heterocycles. The number of rotatable bonds is 7. The van der Waals surface area contributed by atoms with Crippen molar-refractivity contribution in [2.75, 3.05) is 6.54 Å². The molecule has 1 fully saturated rings. The van der Waals surface area contributed by atoms with E-state index in [0.717, 1.165) is 18.4 Å². The fraction of sp³-hybridized carbons (Fsp3) is 0.500. The first kappa shape index (κ1) is 15.5. The second-order valence-electron chi connectivity index (χ2n) is 5.57. The second kappa shape index (κ2) is 6.70. The molecule has 21 heavy (non-hydrogen) atoms. The van der Waals surface area contributed by atoms with Crippen LogP contribution in [0.5, 0.6) is 0 Å². The van der Waals surface area contributed by atoms with Gasteiger partial charge in [0.05, 0.1) is 5.92 Å². The summed E-state index contributed by atoms with van der Waals surface area (Å²) in [5.74, 6) is -1.78. The Hall–Kier alpha value is -1.91. The maximum atomic E-state index is 12.8. The number of nitrogens with one attached hydrogen (secondary N) is 1. The van der Waals surface area contributed by atoms with Gasteiger partial charge in [-0.3, -0.25) is 9.59 Å². The number of amides is 1. The van der Waals surface area contributed by atoms with Crippen molar-refractivity contribution in [1.29, 1.82) is 0 Å². The van der Waals surface area contributed by atoms with Gasteiger partial charge in [-0.05, 0) is 36.5 Å². The van der Waals surface area contributed by atoms with E-state index in [4.69, 9.17) is 5.11 Å². The number of aliphatic carboxylic acids is 1. The van der Waals surface area contributed by atoms with Gasteiger partial charge in [0.2, 0.25) is 5.91 Å². The highest BCUT2D eigenvalue weighted by Gasteiger charge is 2.43. The molecule has 0 bridgehead atoms. The predicted molar refractivity (Wildman–Crippen MR) is 76.3 cm³/mol. The Bertz CT molecular complexity index is 515. The zero-order valence-corrected chi connectivity index (χ0v) is 12.0. The molecule has 0 heterocycles. The third-order valence-corrected chi connectivity index (χ3v) is 3.93. The van der Waals surface area contributed by atoms with Crippen molar-refractivity contribution in [3.8, 4) is 0 Å². The molecular formula is C16H20FNO3. The smallest absolute Gasteiger partial charge is 0.308 e. The van der Waals surface area contributed by atoms with Gasteiger partial charge in [-0.2, -0.15) is 0 Å². The monoisotopic (exact) mass is 293 g/mol. The third-order valence-electron chi connectivity index (χ3n) is 3.93. The number of hydrogen-bond donors (Lipinski definition) is 2. The van der Waals surface area contributed by atoms with Gasteiger partial charge in [0.25, 0.3) is 0 Å². The summed E-state index contributed by atoms with van der Waals surface area (Å²) in [6.45, 7) is 2.10. The Morgan fingerprint density at radius 1 is 1.38 bits per heavy atom. The van der Waals surface area contributed by atoms with E-state index in [2.05, 4.69) is 5.32 Å². The molecule has 0 radical (unpaired) electrons. The van der Waals surface area contributed by atoms with Crippen LogP contribution in [0, 0.1) is 17.7 Å². The zero-order chi connectivity index (χ0) is 15.4. The number of hydrogen-bond acceptors (Lipinski definition) is 2. The summed E-state index contributed by atoms with van der Waals surface area (Å²) in [6, 6.07) is 6.18. The standard InChI is InChI=1S/C16H20FNO3/c1-2-3-11(16(20)21)9-18-15(19)14-8-13(14)10-4-6-12(17)7-5-10/h4-7,11,13-14H,2-3,8-9H2,1H3,(H,18,19)(H,20,21). The van der Waals surface area contributed by atoms with E-state index in [1.165, 1.54) is 12.1 Å². The number of carboxylic acids is 1. The summed E-state index contributed by atoms with van der Waals surface area (Å²) in [5, 5.41) is 11.8. The Morgan fingerprint density at radius 3 is 2.62 bits per heavy atom. The SMILES string of the molecule is CCCC(CNC(=O)C1CC1c1ccc(F)cc1)C(=O)O. The van der Waals surface area contributed by atoms with Gasteiger partial charge >= 0.3 is 5.97 Å². The molecule has 0 saturated heterocycles. The van der Waals surface area contributed by atoms with E-state index in [1.54, 1.807) is 12.1 Å². The van der Waals surface area contributed by atoms with Gasteiger partial charge in [-0.15, -0.1) is 0 Å². The van der Waals surface area contributed by atoms with Crippen molar-refractivity contribution in [2.24, 2.45) is 11.8 Å². The quantitative estimate of drug-likeness (QED) is 0.812. The first-order chi connectivity index (χ1) is 10.0. The Kier molecular flexibility index (Phi) is 4.94. The minimum absolute atomic E-state index is 0.105. The molecule has 1 aliphatic rings. The molecular weight excluding hydrogens is 273 g/mol. The summed E-state index contributed by atoms with van der Waals surface area (Å²) in [6.07, 6.45) is 2.07. The lowest BCUT2D eigenvalue weighted by Gasteiger charge is -2.12. The molecule has 5 heteroatoms. The number of carbonyl (C=O) groups is 2. The molecule has 0 aliphatic heterocycles. The third kappa shape index (κ3) is 4.03. The Morgan fingerprint density at radius 2 is 2.05 bits per heavy atom. The van der Waals surface area contributed by atoms with Crippen molar-refractivity contribution < 1.29 is 19.1 Å². The number of halogens is 1. The van der Waals surface area contributed by atoms with Gasteiger partial charge in [0.15, 0.2) is 0 Å². The van der Waals surface area contributed by atoms with Crippen LogP contribution in [0.1, 0.15) is 37.7 Å². The van der Waals surface area contributed by atoms with Crippen LogP contribution < -0.4 is 5.32 Å². The van der Waals surface area contributed by atoms with Gasteiger partial charge in [0, 0.05) is 12.5 Å². The molecule has 1 aliphatic carbocycles. The zero-order valence-electron chi connectivity index (χ0n) is 12.0. The average Bonchev–Trinajstić information content (AvgIpc) is 3.24. The Labute approximate surface area is 123 Å². The molecule has 3 atom stereocenters. The van der Waals surface area contributed by atoms with Crippen molar-refractivity contribution in [1.82, 2.24) is 5.32 Å². The van der Waals surface area contributed by atoms with Crippen LogP contribution in [0.3, 0.4) is 0 Å². The molecule has 4 nitrogen and oxygen atoms in total. The van der Waals surface area contributed by atoms with Crippen LogP contribution in [0.15, 0.2) is 24.3 Å². The van der Waals surface area contributed by atoms with Crippen LogP contribution in [0.25, 0.3) is 0 Å². The lowest BCUT2D eigenvalue weighted by molar-refractivity contribution is -0.142. The molecule has 0 spiro atoms. The molecule has 1 amide bonds. The van der Waals surface area contributed by atoms with E-state index in [0.29, 0.717) is 6.42 Å². The fourth-order valence-electron chi connectivity index (χ4n) is 2.58. The predicted octanol–water partition coefficient (Wildman–Crippen LogP) is 2.55. The minimum atomic E-state index is -0.872. The lowest BCUT2D eigenvalue weighted by atomic mass is 10.0. The first-order valence-corrected chi connectivity index (χ1v) is 7.29. The summed E-state index contributed by atoms with van der Waals surface area (Å²) < 4.78 is 12.8. The number of carboxylic acid groups (broad SMARTS) is 1.